The van der Waals surface area contributed by atoms with Crippen molar-refractivity contribution in [3.8, 4) is 0 Å². The Balaban J connectivity index is 1.65. The van der Waals surface area contributed by atoms with Crippen LogP contribution in [0.4, 0.5) is 0 Å². The van der Waals surface area contributed by atoms with Gasteiger partial charge in [0.25, 0.3) is 0 Å². The molecule has 144 valence electrons. The minimum absolute atomic E-state index is 0.0237. The molecule has 0 N–H and O–H groups in total. The van der Waals surface area contributed by atoms with Gasteiger partial charge in [0, 0.05) is 0 Å². The molecule has 5 fully saturated rings. The number of sulfone groups is 1. The molecule has 5 rings (SSSR count). The van der Waals surface area contributed by atoms with Crippen LogP contribution in [0.25, 0.3) is 0 Å². The summed E-state index contributed by atoms with van der Waals surface area (Å²) in [7, 11) is -8.83. The largest absolute Gasteiger partial charge is 0.747 e. The molecule has 5 nitrogen and oxygen atoms in total. The van der Waals surface area contributed by atoms with E-state index in [0.29, 0.717) is 37.0 Å². The number of rotatable bonds is 5. The SMILES string of the molecule is O=S(=O)([O-])C(CC1CCCCC1)S(=O)(=O)C12CC3CC(CC(C3)C1)C2. The molecule has 1 unspecified atom stereocenters. The van der Waals surface area contributed by atoms with E-state index in [9.17, 15) is 21.4 Å². The standard InChI is InChI=1S/C18H30O5S2/c19-24(20,17(25(21,22)23)9-13-4-2-1-3-5-13)18-10-14-6-15(11-18)8-16(7-14)12-18/h13-17H,1-12H2,(H,21,22,23)/p-1. The Morgan fingerprint density at radius 1 is 0.840 bits per heavy atom. The predicted octanol–water partition coefficient (Wildman–Crippen LogP) is 3.21. The van der Waals surface area contributed by atoms with Gasteiger partial charge in [-0.2, -0.15) is 0 Å². The van der Waals surface area contributed by atoms with Crippen LogP contribution in [-0.4, -0.2) is 30.7 Å². The van der Waals surface area contributed by atoms with Gasteiger partial charge in [-0.05, 0) is 68.6 Å². The highest BCUT2D eigenvalue weighted by Crippen LogP contribution is 2.59. The quantitative estimate of drug-likeness (QED) is 0.673. The zero-order valence-electron chi connectivity index (χ0n) is 14.7. The molecule has 0 radical (unpaired) electrons. The summed E-state index contributed by atoms with van der Waals surface area (Å²) in [4.78, 5) is 0. The molecule has 1 atom stereocenters. The summed E-state index contributed by atoms with van der Waals surface area (Å²) < 4.78 is 60.4. The number of hydrogen-bond donors (Lipinski definition) is 0. The van der Waals surface area contributed by atoms with Crippen LogP contribution in [0.1, 0.15) is 77.0 Å². The Bertz CT molecular complexity index is 683. The molecule has 4 bridgehead atoms. The average Bonchev–Trinajstić information content (AvgIpc) is 2.51. The van der Waals surface area contributed by atoms with Crippen LogP contribution < -0.4 is 0 Å². The van der Waals surface area contributed by atoms with E-state index < -0.39 is 29.3 Å². The van der Waals surface area contributed by atoms with Gasteiger partial charge in [-0.25, -0.2) is 16.8 Å². The fourth-order valence-corrected chi connectivity index (χ4v) is 11.6. The van der Waals surface area contributed by atoms with Crippen molar-refractivity contribution in [2.24, 2.45) is 23.7 Å². The summed E-state index contributed by atoms with van der Waals surface area (Å²) in [6.07, 6.45) is 9.87. The van der Waals surface area contributed by atoms with E-state index in [1.165, 1.54) is 0 Å². The lowest BCUT2D eigenvalue weighted by molar-refractivity contribution is 0.0336. The van der Waals surface area contributed by atoms with Crippen molar-refractivity contribution in [3.05, 3.63) is 0 Å². The fourth-order valence-electron chi connectivity index (χ4n) is 6.75. The van der Waals surface area contributed by atoms with E-state index in [1.807, 2.05) is 0 Å². The first-order valence-electron chi connectivity index (χ1n) is 9.88. The highest BCUT2D eigenvalue weighted by atomic mass is 32.3. The normalized spacial score (nSPS) is 40.3. The van der Waals surface area contributed by atoms with Gasteiger partial charge in [-0.1, -0.05) is 32.1 Å². The Hall–Kier alpha value is -0.140. The first kappa shape index (κ1) is 18.2. The maximum atomic E-state index is 13.5. The monoisotopic (exact) mass is 389 g/mol. The van der Waals surface area contributed by atoms with Gasteiger partial charge in [0.15, 0.2) is 14.4 Å². The smallest absolute Gasteiger partial charge is 0.172 e. The summed E-state index contributed by atoms with van der Waals surface area (Å²) in [6.45, 7) is 0. The summed E-state index contributed by atoms with van der Waals surface area (Å²) >= 11 is 0. The summed E-state index contributed by atoms with van der Waals surface area (Å²) in [5.41, 5.74) is 0. The van der Waals surface area contributed by atoms with Crippen molar-refractivity contribution < 1.29 is 21.4 Å². The molecule has 0 aromatic rings. The molecule has 0 saturated heterocycles. The molecule has 0 amide bonds. The third kappa shape index (κ3) is 3.18. The van der Waals surface area contributed by atoms with Gasteiger partial charge in [0.05, 0.1) is 4.75 Å². The molecular weight excluding hydrogens is 360 g/mol. The van der Waals surface area contributed by atoms with Crippen LogP contribution >= 0.6 is 0 Å². The van der Waals surface area contributed by atoms with E-state index in [1.54, 1.807) is 0 Å². The number of hydrogen-bond acceptors (Lipinski definition) is 5. The van der Waals surface area contributed by atoms with Gasteiger partial charge in [0.2, 0.25) is 0 Å². The second kappa shape index (κ2) is 6.20. The first-order chi connectivity index (χ1) is 11.7. The van der Waals surface area contributed by atoms with Crippen molar-refractivity contribution in [1.82, 2.24) is 0 Å². The molecule has 7 heteroatoms. The molecule has 5 saturated carbocycles. The van der Waals surface area contributed by atoms with Crippen molar-refractivity contribution in [2.75, 3.05) is 0 Å². The van der Waals surface area contributed by atoms with Crippen LogP contribution in [0.3, 0.4) is 0 Å². The molecule has 0 spiro atoms. The second-order valence-corrected chi connectivity index (χ2v) is 13.7. The van der Waals surface area contributed by atoms with E-state index >= 15 is 0 Å². The van der Waals surface area contributed by atoms with Gasteiger partial charge < -0.3 is 4.55 Å². The summed E-state index contributed by atoms with van der Waals surface area (Å²) in [5, 5.41) is 0. The minimum Gasteiger partial charge on any atom is -0.747 e. The highest BCUT2D eigenvalue weighted by molar-refractivity contribution is 8.07. The molecule has 0 heterocycles. The van der Waals surface area contributed by atoms with Crippen molar-refractivity contribution >= 4 is 20.0 Å². The molecule has 5 aliphatic rings. The maximum Gasteiger partial charge on any atom is 0.172 e. The highest BCUT2D eigenvalue weighted by Gasteiger charge is 2.60. The van der Waals surface area contributed by atoms with Crippen molar-refractivity contribution in [3.63, 3.8) is 0 Å². The molecule has 0 aromatic heterocycles. The van der Waals surface area contributed by atoms with E-state index in [0.717, 1.165) is 51.4 Å². The van der Waals surface area contributed by atoms with E-state index in [2.05, 4.69) is 0 Å². The topological polar surface area (TPSA) is 91.3 Å². The zero-order valence-corrected chi connectivity index (χ0v) is 16.4. The van der Waals surface area contributed by atoms with Crippen molar-refractivity contribution in [2.45, 2.75) is 86.4 Å². The summed E-state index contributed by atoms with van der Waals surface area (Å²) in [5.74, 6) is 1.29. The lowest BCUT2D eigenvalue weighted by atomic mass is 9.56. The lowest BCUT2D eigenvalue weighted by Crippen LogP contribution is -2.58. The van der Waals surface area contributed by atoms with Gasteiger partial charge in [-0.15, -0.1) is 0 Å². The lowest BCUT2D eigenvalue weighted by Gasteiger charge is -2.56. The average molecular weight is 390 g/mol. The molecule has 0 aromatic carbocycles. The van der Waals surface area contributed by atoms with Crippen LogP contribution in [0.2, 0.25) is 0 Å². The third-order valence-corrected chi connectivity index (χ3v) is 12.4. The fraction of sp³-hybridized carbons (Fsp3) is 1.00. The van der Waals surface area contributed by atoms with Crippen LogP contribution in [0.15, 0.2) is 0 Å². The first-order valence-corrected chi connectivity index (χ1v) is 12.9. The summed E-state index contributed by atoms with van der Waals surface area (Å²) in [6, 6.07) is 0. The van der Waals surface area contributed by atoms with Crippen LogP contribution in [0, 0.1) is 23.7 Å². The van der Waals surface area contributed by atoms with Gasteiger partial charge in [0.1, 0.15) is 10.1 Å². The van der Waals surface area contributed by atoms with Crippen molar-refractivity contribution in [1.29, 1.82) is 0 Å². The van der Waals surface area contributed by atoms with Crippen LogP contribution in [0.5, 0.6) is 0 Å². The van der Waals surface area contributed by atoms with Crippen LogP contribution in [-0.2, 0) is 20.0 Å². The third-order valence-electron chi connectivity index (χ3n) is 7.50. The zero-order chi connectivity index (χ0) is 17.9. The Kier molecular flexibility index (Phi) is 4.52. The van der Waals surface area contributed by atoms with Gasteiger partial charge in [-0.3, -0.25) is 0 Å². The Labute approximate surface area is 151 Å². The Morgan fingerprint density at radius 3 is 1.76 bits per heavy atom. The Morgan fingerprint density at radius 2 is 1.32 bits per heavy atom. The molecule has 5 aliphatic carbocycles. The minimum atomic E-state index is -4.85. The molecule has 25 heavy (non-hydrogen) atoms. The van der Waals surface area contributed by atoms with E-state index in [-0.39, 0.29) is 12.3 Å². The van der Waals surface area contributed by atoms with E-state index in [4.69, 9.17) is 0 Å². The maximum absolute atomic E-state index is 13.5. The van der Waals surface area contributed by atoms with Gasteiger partial charge >= 0.3 is 0 Å². The predicted molar refractivity (Wildman–Crippen MR) is 94.5 cm³/mol. The molecular formula is C18H29O5S2-. The second-order valence-electron chi connectivity index (χ2n) is 9.31. The molecule has 0 aliphatic heterocycles.